The average Bonchev–Trinajstić information content (AvgIpc) is 3.22. The van der Waals surface area contributed by atoms with Crippen molar-refractivity contribution in [3.05, 3.63) is 0 Å². The van der Waals surface area contributed by atoms with Crippen molar-refractivity contribution in [1.82, 2.24) is 0 Å². The largest absolute Gasteiger partial charge is 0.462 e. The molecule has 1 atom stereocenters. The summed E-state index contributed by atoms with van der Waals surface area (Å²) in [6.07, 6.45) is 49.5. The quantitative estimate of drug-likeness (QED) is 0.0345. The van der Waals surface area contributed by atoms with Gasteiger partial charge in [-0.05, 0) is 25.2 Å². The molecule has 0 spiro atoms. The molecule has 0 aromatic carbocycles. The number of carbonyl (C=O) groups excluding carboxylic acids is 3. The molecule has 0 aliphatic carbocycles. The van der Waals surface area contributed by atoms with E-state index in [0.717, 1.165) is 63.7 Å². The van der Waals surface area contributed by atoms with E-state index in [2.05, 4.69) is 27.7 Å². The summed E-state index contributed by atoms with van der Waals surface area (Å²) in [5.41, 5.74) is 0. The van der Waals surface area contributed by atoms with Crippen LogP contribution >= 0.6 is 0 Å². The lowest BCUT2D eigenvalue weighted by molar-refractivity contribution is -0.167. The van der Waals surface area contributed by atoms with Crippen LogP contribution in [0, 0.1) is 5.92 Å². The molecule has 59 heavy (non-hydrogen) atoms. The predicted molar refractivity (Wildman–Crippen MR) is 252 cm³/mol. The molecule has 0 radical (unpaired) electrons. The zero-order valence-electron chi connectivity index (χ0n) is 40.2. The molecule has 0 rings (SSSR count). The van der Waals surface area contributed by atoms with Gasteiger partial charge in [-0.2, -0.15) is 0 Å². The minimum atomic E-state index is -0.760. The molecule has 0 aliphatic rings. The van der Waals surface area contributed by atoms with Gasteiger partial charge in [-0.3, -0.25) is 14.4 Å². The molecule has 0 aromatic heterocycles. The van der Waals surface area contributed by atoms with E-state index < -0.39 is 6.10 Å². The second kappa shape index (κ2) is 47.5. The molecule has 0 saturated heterocycles. The molecule has 0 bridgehead atoms. The van der Waals surface area contributed by atoms with Gasteiger partial charge in [0.25, 0.3) is 0 Å². The summed E-state index contributed by atoms with van der Waals surface area (Å²) in [6, 6.07) is 0. The molecular weight excluding hydrogens is 733 g/mol. The van der Waals surface area contributed by atoms with Crippen LogP contribution in [-0.4, -0.2) is 37.2 Å². The Morgan fingerprint density at radius 3 is 0.831 bits per heavy atom. The molecule has 0 aromatic rings. The lowest BCUT2D eigenvalue weighted by Crippen LogP contribution is -2.30. The fourth-order valence-electron chi connectivity index (χ4n) is 8.04. The summed E-state index contributed by atoms with van der Waals surface area (Å²) < 4.78 is 16.8. The van der Waals surface area contributed by atoms with Gasteiger partial charge in [0.15, 0.2) is 6.10 Å². The van der Waals surface area contributed by atoms with Gasteiger partial charge in [0.05, 0.1) is 0 Å². The Morgan fingerprint density at radius 2 is 0.559 bits per heavy atom. The number of hydrogen-bond acceptors (Lipinski definition) is 6. The Morgan fingerprint density at radius 1 is 0.322 bits per heavy atom. The van der Waals surface area contributed by atoms with Gasteiger partial charge in [0.1, 0.15) is 13.2 Å². The molecule has 0 N–H and O–H groups in total. The van der Waals surface area contributed by atoms with Crippen LogP contribution in [0.15, 0.2) is 0 Å². The van der Waals surface area contributed by atoms with Gasteiger partial charge < -0.3 is 14.2 Å². The molecule has 6 nitrogen and oxygen atoms in total. The zero-order valence-corrected chi connectivity index (χ0v) is 40.2. The number of ether oxygens (including phenoxy) is 3. The van der Waals surface area contributed by atoms with Crippen molar-refractivity contribution in [2.45, 2.75) is 303 Å². The van der Waals surface area contributed by atoms with Crippen molar-refractivity contribution in [2.24, 2.45) is 5.92 Å². The van der Waals surface area contributed by atoms with Crippen molar-refractivity contribution in [3.8, 4) is 0 Å². The summed E-state index contributed by atoms with van der Waals surface area (Å²) in [7, 11) is 0. The summed E-state index contributed by atoms with van der Waals surface area (Å²) in [5.74, 6) is -0.0411. The SMILES string of the molecule is CCCCCCCCCCCCCCCCCCCCCC(=O)OC[C@H](COC(=O)CCCCCCCCCCCC)OC(=O)CCCCCCCCCCCC(C)C. The maximum Gasteiger partial charge on any atom is 0.306 e. The van der Waals surface area contributed by atoms with Crippen molar-refractivity contribution < 1.29 is 28.6 Å². The first-order valence-corrected chi connectivity index (χ1v) is 26.4. The van der Waals surface area contributed by atoms with Crippen molar-refractivity contribution in [2.75, 3.05) is 13.2 Å². The Kier molecular flexibility index (Phi) is 46.2. The number of unbranched alkanes of at least 4 members (excludes halogenated alkanes) is 35. The zero-order chi connectivity index (χ0) is 43.1. The Bertz CT molecular complexity index is 887. The Labute approximate surface area is 368 Å². The van der Waals surface area contributed by atoms with E-state index >= 15 is 0 Å². The summed E-state index contributed by atoms with van der Waals surface area (Å²) in [5, 5.41) is 0. The molecule has 0 amide bonds. The summed E-state index contributed by atoms with van der Waals surface area (Å²) >= 11 is 0. The third-order valence-electron chi connectivity index (χ3n) is 12.0. The maximum atomic E-state index is 12.8. The van der Waals surface area contributed by atoms with Gasteiger partial charge in [0.2, 0.25) is 0 Å². The minimum absolute atomic E-state index is 0.0631. The van der Waals surface area contributed by atoms with E-state index in [1.165, 1.54) is 193 Å². The molecule has 350 valence electrons. The van der Waals surface area contributed by atoms with E-state index in [0.29, 0.717) is 19.3 Å². The average molecular weight is 835 g/mol. The highest BCUT2D eigenvalue weighted by molar-refractivity contribution is 5.71. The Balaban J connectivity index is 4.22. The number of rotatable bonds is 48. The first-order chi connectivity index (χ1) is 28.9. The van der Waals surface area contributed by atoms with Gasteiger partial charge in [0, 0.05) is 19.3 Å². The third kappa shape index (κ3) is 47.3. The van der Waals surface area contributed by atoms with Crippen LogP contribution < -0.4 is 0 Å². The highest BCUT2D eigenvalue weighted by atomic mass is 16.6. The van der Waals surface area contributed by atoms with E-state index in [1.807, 2.05) is 0 Å². The monoisotopic (exact) mass is 835 g/mol. The van der Waals surface area contributed by atoms with Crippen LogP contribution in [0.4, 0.5) is 0 Å². The highest BCUT2D eigenvalue weighted by Gasteiger charge is 2.19. The van der Waals surface area contributed by atoms with E-state index in [4.69, 9.17) is 14.2 Å². The highest BCUT2D eigenvalue weighted by Crippen LogP contribution is 2.17. The molecule has 0 saturated carbocycles. The summed E-state index contributed by atoms with van der Waals surface area (Å²) in [6.45, 7) is 9.00. The van der Waals surface area contributed by atoms with Gasteiger partial charge >= 0.3 is 17.9 Å². The Hall–Kier alpha value is -1.59. The molecule has 0 aliphatic heterocycles. The second-order valence-corrected chi connectivity index (χ2v) is 18.6. The van der Waals surface area contributed by atoms with Gasteiger partial charge in [-0.15, -0.1) is 0 Å². The van der Waals surface area contributed by atoms with Crippen molar-refractivity contribution in [1.29, 1.82) is 0 Å². The third-order valence-corrected chi connectivity index (χ3v) is 12.0. The number of hydrogen-bond donors (Lipinski definition) is 0. The number of carbonyl (C=O) groups is 3. The molecule has 0 fully saturated rings. The van der Waals surface area contributed by atoms with Crippen LogP contribution in [0.25, 0.3) is 0 Å². The van der Waals surface area contributed by atoms with Gasteiger partial charge in [-0.1, -0.05) is 259 Å². The van der Waals surface area contributed by atoms with E-state index in [-0.39, 0.29) is 31.1 Å². The maximum absolute atomic E-state index is 12.8. The van der Waals surface area contributed by atoms with Crippen LogP contribution in [0.5, 0.6) is 0 Å². The molecule has 0 heterocycles. The van der Waals surface area contributed by atoms with E-state index in [9.17, 15) is 14.4 Å². The first-order valence-electron chi connectivity index (χ1n) is 26.4. The fraction of sp³-hybridized carbons (Fsp3) is 0.943. The van der Waals surface area contributed by atoms with Crippen LogP contribution in [0.3, 0.4) is 0 Å². The van der Waals surface area contributed by atoms with Gasteiger partial charge in [-0.25, -0.2) is 0 Å². The van der Waals surface area contributed by atoms with Crippen LogP contribution in [-0.2, 0) is 28.6 Å². The van der Waals surface area contributed by atoms with E-state index in [1.54, 1.807) is 0 Å². The first kappa shape index (κ1) is 57.4. The molecular formula is C53H102O6. The normalized spacial score (nSPS) is 11.9. The predicted octanol–water partition coefficient (Wildman–Crippen LogP) is 17.1. The minimum Gasteiger partial charge on any atom is -0.462 e. The summed E-state index contributed by atoms with van der Waals surface area (Å²) in [4.78, 5) is 37.9. The van der Waals surface area contributed by atoms with Crippen molar-refractivity contribution >= 4 is 17.9 Å². The fourth-order valence-corrected chi connectivity index (χ4v) is 8.04. The van der Waals surface area contributed by atoms with Crippen LogP contribution in [0.2, 0.25) is 0 Å². The number of esters is 3. The molecule has 0 unspecified atom stereocenters. The lowest BCUT2D eigenvalue weighted by atomic mass is 10.0. The molecule has 6 heteroatoms. The lowest BCUT2D eigenvalue weighted by Gasteiger charge is -2.18. The van der Waals surface area contributed by atoms with Crippen LogP contribution in [0.1, 0.15) is 297 Å². The topological polar surface area (TPSA) is 78.9 Å². The standard InChI is InChI=1S/C53H102O6/c1-5-7-9-11-13-15-17-18-19-20-21-22-23-24-25-29-33-37-41-45-52(55)58-48-50(47-57-51(54)44-40-36-32-28-16-14-12-10-8-6-2)59-53(56)46-42-38-34-30-26-27-31-35-39-43-49(3)4/h49-50H,5-48H2,1-4H3/t50-/m0/s1. The smallest absolute Gasteiger partial charge is 0.306 e. The second-order valence-electron chi connectivity index (χ2n) is 18.6. The van der Waals surface area contributed by atoms with Crippen molar-refractivity contribution in [3.63, 3.8) is 0 Å².